The Morgan fingerprint density at radius 1 is 1.20 bits per heavy atom. The van der Waals surface area contributed by atoms with Crippen molar-refractivity contribution in [2.45, 2.75) is 19.5 Å². The van der Waals surface area contributed by atoms with Gasteiger partial charge in [0.1, 0.15) is 5.75 Å². The monoisotopic (exact) mass is 350 g/mol. The van der Waals surface area contributed by atoms with Crippen LogP contribution in [0, 0.1) is 12.8 Å². The molecule has 1 fully saturated rings. The van der Waals surface area contributed by atoms with Crippen molar-refractivity contribution < 1.29 is 17.9 Å². The summed E-state index contributed by atoms with van der Waals surface area (Å²) in [6, 6.07) is 11.3. The fourth-order valence-electron chi connectivity index (χ4n) is 3.21. The lowest BCUT2D eigenvalue weighted by atomic mass is 10.1. The van der Waals surface area contributed by atoms with Crippen LogP contribution in [0.3, 0.4) is 0 Å². The molecule has 1 aliphatic heterocycles. The summed E-state index contributed by atoms with van der Waals surface area (Å²) in [5.41, 5.74) is 8.03. The van der Waals surface area contributed by atoms with E-state index in [1.54, 1.807) is 6.07 Å². The molecule has 0 aliphatic carbocycles. The molecule has 0 amide bonds. The molecule has 1 saturated heterocycles. The van der Waals surface area contributed by atoms with E-state index < -0.39 is 11.7 Å². The fraction of sp³-hybridized carbons (Fsp3) is 0.368. The second-order valence-electron chi connectivity index (χ2n) is 6.51. The van der Waals surface area contributed by atoms with Gasteiger partial charge in [0.2, 0.25) is 0 Å². The topological polar surface area (TPSA) is 38.5 Å². The van der Waals surface area contributed by atoms with E-state index >= 15 is 0 Å². The Kier molecular flexibility index (Phi) is 4.79. The van der Waals surface area contributed by atoms with Crippen molar-refractivity contribution in [2.24, 2.45) is 5.92 Å². The van der Waals surface area contributed by atoms with Gasteiger partial charge in [-0.15, -0.1) is 0 Å². The van der Waals surface area contributed by atoms with Gasteiger partial charge in [-0.05, 0) is 49.2 Å². The molecule has 2 aromatic rings. The first-order valence-corrected chi connectivity index (χ1v) is 8.24. The summed E-state index contributed by atoms with van der Waals surface area (Å²) in [7, 11) is 0. The molecule has 0 bridgehead atoms. The average molecular weight is 350 g/mol. The number of ether oxygens (including phenoxy) is 1. The molecule has 3 nitrogen and oxygen atoms in total. The van der Waals surface area contributed by atoms with Crippen molar-refractivity contribution in [1.82, 2.24) is 0 Å². The van der Waals surface area contributed by atoms with Gasteiger partial charge in [0.25, 0.3) is 0 Å². The maximum atomic E-state index is 13.0. The molecule has 2 aromatic carbocycles. The van der Waals surface area contributed by atoms with E-state index in [0.717, 1.165) is 36.8 Å². The molecule has 25 heavy (non-hydrogen) atoms. The summed E-state index contributed by atoms with van der Waals surface area (Å²) >= 11 is 0. The van der Waals surface area contributed by atoms with E-state index in [-0.39, 0.29) is 18.3 Å². The summed E-state index contributed by atoms with van der Waals surface area (Å²) in [6.07, 6.45) is -3.53. The lowest BCUT2D eigenvalue weighted by Gasteiger charge is -2.20. The van der Waals surface area contributed by atoms with Gasteiger partial charge in [-0.1, -0.05) is 12.1 Å². The fourth-order valence-corrected chi connectivity index (χ4v) is 3.21. The van der Waals surface area contributed by atoms with E-state index in [9.17, 15) is 13.2 Å². The molecule has 0 saturated carbocycles. The highest BCUT2D eigenvalue weighted by Crippen LogP contribution is 2.36. The molecular weight excluding hydrogens is 329 g/mol. The maximum absolute atomic E-state index is 13.0. The molecule has 0 aromatic heterocycles. The highest BCUT2D eigenvalue weighted by atomic mass is 19.4. The number of rotatable bonds is 4. The molecule has 1 heterocycles. The molecule has 134 valence electrons. The Morgan fingerprint density at radius 2 is 1.96 bits per heavy atom. The van der Waals surface area contributed by atoms with Crippen molar-refractivity contribution in [3.05, 3.63) is 53.6 Å². The largest absolute Gasteiger partial charge is 0.493 e. The van der Waals surface area contributed by atoms with Crippen LogP contribution in [0.2, 0.25) is 0 Å². The van der Waals surface area contributed by atoms with Crippen LogP contribution in [0.5, 0.6) is 5.75 Å². The number of hydrogen-bond acceptors (Lipinski definition) is 3. The van der Waals surface area contributed by atoms with E-state index in [4.69, 9.17) is 10.5 Å². The molecular formula is C19H21F3N2O. The quantitative estimate of drug-likeness (QED) is 0.825. The summed E-state index contributed by atoms with van der Waals surface area (Å²) in [6.45, 7) is 3.85. The number of nitrogens with two attached hydrogens (primary N) is 1. The Morgan fingerprint density at radius 3 is 2.68 bits per heavy atom. The van der Waals surface area contributed by atoms with Crippen LogP contribution in [-0.4, -0.2) is 19.7 Å². The number of nitrogens with zero attached hydrogens (tertiary/aromatic N) is 1. The second-order valence-corrected chi connectivity index (χ2v) is 6.51. The highest BCUT2D eigenvalue weighted by Gasteiger charge is 2.34. The van der Waals surface area contributed by atoms with Crippen molar-refractivity contribution in [3.63, 3.8) is 0 Å². The predicted octanol–water partition coefficient (Wildman–Crippen LogP) is 4.50. The number of alkyl halides is 3. The number of benzene rings is 2. The zero-order valence-electron chi connectivity index (χ0n) is 14.0. The van der Waals surface area contributed by atoms with Gasteiger partial charge in [-0.3, -0.25) is 0 Å². The van der Waals surface area contributed by atoms with E-state index in [1.807, 2.05) is 19.1 Å². The summed E-state index contributed by atoms with van der Waals surface area (Å²) in [5.74, 6) is 0.0799. The van der Waals surface area contributed by atoms with Crippen LogP contribution in [0.1, 0.15) is 17.5 Å². The minimum atomic E-state index is -4.41. The Balaban J connectivity index is 1.63. The number of aryl methyl sites for hydroxylation is 1. The van der Waals surface area contributed by atoms with Crippen LogP contribution in [0.25, 0.3) is 0 Å². The van der Waals surface area contributed by atoms with Crippen molar-refractivity contribution in [3.8, 4) is 5.75 Å². The summed E-state index contributed by atoms with van der Waals surface area (Å²) in [4.78, 5) is 2.20. The van der Waals surface area contributed by atoms with Gasteiger partial charge < -0.3 is 15.4 Å². The Hall–Kier alpha value is -2.37. The van der Waals surface area contributed by atoms with E-state index in [1.165, 1.54) is 12.1 Å². The van der Waals surface area contributed by atoms with Crippen LogP contribution in [-0.2, 0) is 6.18 Å². The molecule has 2 N–H and O–H groups in total. The first kappa shape index (κ1) is 17.5. The molecule has 1 unspecified atom stereocenters. The van der Waals surface area contributed by atoms with Crippen molar-refractivity contribution in [1.29, 1.82) is 0 Å². The SMILES string of the molecule is Cc1cc(N)cc(N2CCC(COc3ccccc3C(F)(F)F)C2)c1. The zero-order chi connectivity index (χ0) is 18.0. The lowest BCUT2D eigenvalue weighted by Crippen LogP contribution is -2.22. The number of halogens is 3. The number of anilines is 2. The van der Waals surface area contributed by atoms with E-state index in [0.29, 0.717) is 5.69 Å². The van der Waals surface area contributed by atoms with Crippen LogP contribution in [0.15, 0.2) is 42.5 Å². The normalized spacial score (nSPS) is 17.8. The number of nitrogen functional groups attached to an aromatic ring is 1. The zero-order valence-corrected chi connectivity index (χ0v) is 14.0. The van der Waals surface area contributed by atoms with Gasteiger partial charge in [-0.2, -0.15) is 13.2 Å². The van der Waals surface area contributed by atoms with Crippen molar-refractivity contribution >= 4 is 11.4 Å². The van der Waals surface area contributed by atoms with Crippen LogP contribution in [0.4, 0.5) is 24.5 Å². The Bertz CT molecular complexity index is 725. The molecule has 0 radical (unpaired) electrons. The third-order valence-corrected chi connectivity index (χ3v) is 4.40. The number of para-hydroxylation sites is 1. The third kappa shape index (κ3) is 4.18. The average Bonchev–Trinajstić information content (AvgIpc) is 3.00. The number of hydrogen-bond donors (Lipinski definition) is 1. The first-order chi connectivity index (χ1) is 11.8. The maximum Gasteiger partial charge on any atom is 0.419 e. The Labute approximate surface area is 145 Å². The summed E-state index contributed by atoms with van der Waals surface area (Å²) in [5, 5.41) is 0. The standard InChI is InChI=1S/C19H21F3N2O/c1-13-8-15(23)10-16(9-13)24-7-6-14(11-24)12-25-18-5-3-2-4-17(18)19(20,21)22/h2-5,8-10,14H,6-7,11-12,23H2,1H3. The molecule has 1 atom stereocenters. The summed E-state index contributed by atoms with van der Waals surface area (Å²) < 4.78 is 44.5. The predicted molar refractivity (Wildman–Crippen MR) is 92.9 cm³/mol. The van der Waals surface area contributed by atoms with Gasteiger partial charge in [-0.25, -0.2) is 0 Å². The molecule has 3 rings (SSSR count). The smallest absolute Gasteiger partial charge is 0.419 e. The van der Waals surface area contributed by atoms with Gasteiger partial charge in [0, 0.05) is 30.4 Å². The minimum Gasteiger partial charge on any atom is -0.493 e. The third-order valence-electron chi connectivity index (χ3n) is 4.40. The first-order valence-electron chi connectivity index (χ1n) is 8.24. The van der Waals surface area contributed by atoms with E-state index in [2.05, 4.69) is 11.0 Å². The molecule has 1 aliphatic rings. The van der Waals surface area contributed by atoms with Gasteiger partial charge in [0.15, 0.2) is 0 Å². The second kappa shape index (κ2) is 6.86. The lowest BCUT2D eigenvalue weighted by molar-refractivity contribution is -0.139. The molecule has 6 heteroatoms. The highest BCUT2D eigenvalue weighted by molar-refractivity contribution is 5.58. The van der Waals surface area contributed by atoms with Gasteiger partial charge in [0.05, 0.1) is 12.2 Å². The minimum absolute atomic E-state index is 0.103. The molecule has 0 spiro atoms. The van der Waals surface area contributed by atoms with Crippen molar-refractivity contribution in [2.75, 3.05) is 30.3 Å². The van der Waals surface area contributed by atoms with Crippen LogP contribution >= 0.6 is 0 Å². The van der Waals surface area contributed by atoms with Crippen LogP contribution < -0.4 is 15.4 Å². The van der Waals surface area contributed by atoms with Gasteiger partial charge >= 0.3 is 6.18 Å².